The Labute approximate surface area is 134 Å². The van der Waals surface area contributed by atoms with E-state index in [9.17, 15) is 9.59 Å². The summed E-state index contributed by atoms with van der Waals surface area (Å²) in [6, 6.07) is 9.85. The minimum absolute atomic E-state index is 0.114. The van der Waals surface area contributed by atoms with Crippen molar-refractivity contribution >= 4 is 47.1 Å². The molecular formula is C14H10N2O2S3. The van der Waals surface area contributed by atoms with Gasteiger partial charge in [-0.1, -0.05) is 42.1 Å². The summed E-state index contributed by atoms with van der Waals surface area (Å²) >= 11 is 8.14. The first kappa shape index (κ1) is 13.2. The molecule has 2 aromatic rings. The maximum Gasteiger partial charge on any atom is 0.240 e. The molecule has 2 aliphatic heterocycles. The Kier molecular flexibility index (Phi) is 3.02. The lowest BCUT2D eigenvalue weighted by molar-refractivity contribution is -0.125. The topological polar surface area (TPSA) is 62.0 Å². The number of nitrogens with one attached hydrogen (secondary N) is 2. The van der Waals surface area contributed by atoms with E-state index in [2.05, 4.69) is 10.3 Å². The molecule has 4 rings (SSSR count). The van der Waals surface area contributed by atoms with Crippen molar-refractivity contribution in [2.75, 3.05) is 0 Å². The second kappa shape index (κ2) is 4.79. The third-order valence-corrected chi connectivity index (χ3v) is 6.59. The molecule has 21 heavy (non-hydrogen) atoms. The molecule has 0 bridgehead atoms. The second-order valence-electron chi connectivity index (χ2n) is 5.01. The average molecular weight is 334 g/mol. The zero-order chi connectivity index (χ0) is 14.6. The van der Waals surface area contributed by atoms with Gasteiger partial charge in [0.15, 0.2) is 3.95 Å². The molecule has 0 saturated carbocycles. The van der Waals surface area contributed by atoms with Crippen molar-refractivity contribution in [1.29, 1.82) is 0 Å². The summed E-state index contributed by atoms with van der Waals surface area (Å²) in [5.74, 6) is -0.862. The SMILES string of the molecule is O=C1NC(=O)C2C1Sc1[nH]c(=S)sc1C2c1ccccc1. The van der Waals surface area contributed by atoms with Crippen LogP contribution in [0.25, 0.3) is 0 Å². The van der Waals surface area contributed by atoms with Gasteiger partial charge in [0.25, 0.3) is 0 Å². The van der Waals surface area contributed by atoms with Crippen molar-refractivity contribution in [3.63, 3.8) is 0 Å². The van der Waals surface area contributed by atoms with E-state index in [0.717, 1.165) is 15.5 Å². The molecule has 1 saturated heterocycles. The van der Waals surface area contributed by atoms with Gasteiger partial charge in [0.2, 0.25) is 11.8 Å². The highest BCUT2D eigenvalue weighted by molar-refractivity contribution is 8.00. The molecule has 106 valence electrons. The normalized spacial score (nSPS) is 27.1. The van der Waals surface area contributed by atoms with Gasteiger partial charge in [-0.2, -0.15) is 0 Å². The summed E-state index contributed by atoms with van der Waals surface area (Å²) in [6.07, 6.45) is 0. The van der Waals surface area contributed by atoms with Crippen molar-refractivity contribution in [3.05, 3.63) is 44.7 Å². The lowest BCUT2D eigenvalue weighted by atomic mass is 9.83. The van der Waals surface area contributed by atoms with E-state index in [1.165, 1.54) is 23.1 Å². The number of aromatic nitrogens is 1. The highest BCUT2D eigenvalue weighted by Crippen LogP contribution is 2.51. The molecule has 7 heteroatoms. The summed E-state index contributed by atoms with van der Waals surface area (Å²) in [4.78, 5) is 28.5. The molecular weight excluding hydrogens is 324 g/mol. The number of H-pyrrole nitrogens is 1. The van der Waals surface area contributed by atoms with Crippen LogP contribution in [0.2, 0.25) is 0 Å². The molecule has 1 aromatic carbocycles. The Bertz CT molecular complexity index is 796. The van der Waals surface area contributed by atoms with Gasteiger partial charge in [-0.05, 0) is 17.8 Å². The number of carbonyl (C=O) groups is 2. The van der Waals surface area contributed by atoms with E-state index in [4.69, 9.17) is 12.2 Å². The second-order valence-corrected chi connectivity index (χ2v) is 7.88. The van der Waals surface area contributed by atoms with E-state index < -0.39 is 0 Å². The zero-order valence-electron chi connectivity index (χ0n) is 10.7. The molecule has 0 spiro atoms. The Morgan fingerprint density at radius 3 is 2.62 bits per heavy atom. The fourth-order valence-corrected chi connectivity index (χ4v) is 5.88. The molecule has 2 N–H and O–H groups in total. The van der Waals surface area contributed by atoms with Crippen LogP contribution >= 0.6 is 35.3 Å². The van der Waals surface area contributed by atoms with Gasteiger partial charge in [-0.3, -0.25) is 14.9 Å². The molecule has 3 unspecified atom stereocenters. The quantitative estimate of drug-likeness (QED) is 0.622. The Balaban J connectivity index is 1.93. The fourth-order valence-electron chi connectivity index (χ4n) is 2.96. The Morgan fingerprint density at radius 2 is 1.86 bits per heavy atom. The number of imide groups is 1. The summed E-state index contributed by atoms with van der Waals surface area (Å²) in [7, 11) is 0. The smallest absolute Gasteiger partial charge is 0.240 e. The maximum absolute atomic E-state index is 12.2. The molecule has 1 fully saturated rings. The Hall–Kier alpha value is -1.44. The van der Waals surface area contributed by atoms with Gasteiger partial charge in [0.1, 0.15) is 5.25 Å². The highest BCUT2D eigenvalue weighted by atomic mass is 32.2. The number of benzene rings is 1. The molecule has 0 radical (unpaired) electrons. The molecule has 4 nitrogen and oxygen atoms in total. The van der Waals surface area contributed by atoms with Crippen LogP contribution < -0.4 is 5.32 Å². The van der Waals surface area contributed by atoms with E-state index in [-0.39, 0.29) is 28.9 Å². The number of thiazole rings is 1. The monoisotopic (exact) mass is 334 g/mol. The van der Waals surface area contributed by atoms with Crippen LogP contribution in [0.1, 0.15) is 16.4 Å². The first-order valence-corrected chi connectivity index (χ1v) is 8.55. The van der Waals surface area contributed by atoms with E-state index >= 15 is 0 Å². The van der Waals surface area contributed by atoms with Crippen LogP contribution in [0.3, 0.4) is 0 Å². The summed E-state index contributed by atoms with van der Waals surface area (Å²) in [6.45, 7) is 0. The number of carbonyl (C=O) groups excluding carboxylic acids is 2. The predicted molar refractivity (Wildman–Crippen MR) is 84.1 cm³/mol. The fraction of sp³-hybridized carbons (Fsp3) is 0.214. The van der Waals surface area contributed by atoms with Crippen LogP contribution in [-0.4, -0.2) is 22.0 Å². The van der Waals surface area contributed by atoms with E-state index in [0.29, 0.717) is 3.95 Å². The first-order valence-electron chi connectivity index (χ1n) is 6.44. The first-order chi connectivity index (χ1) is 10.1. The number of thioether (sulfide) groups is 1. The molecule has 3 atom stereocenters. The summed E-state index contributed by atoms with van der Waals surface area (Å²) < 4.78 is 0.682. The average Bonchev–Trinajstić information content (AvgIpc) is 2.97. The number of fused-ring (bicyclic) bond motifs is 2. The van der Waals surface area contributed by atoms with Crippen LogP contribution in [0, 0.1) is 9.87 Å². The highest BCUT2D eigenvalue weighted by Gasteiger charge is 2.51. The van der Waals surface area contributed by atoms with Gasteiger partial charge in [0, 0.05) is 10.8 Å². The van der Waals surface area contributed by atoms with Gasteiger partial charge >= 0.3 is 0 Å². The van der Waals surface area contributed by atoms with Gasteiger partial charge < -0.3 is 4.98 Å². The van der Waals surface area contributed by atoms with Crippen molar-refractivity contribution in [2.24, 2.45) is 5.92 Å². The number of hydrogen-bond donors (Lipinski definition) is 2. The molecule has 2 aliphatic rings. The van der Waals surface area contributed by atoms with Gasteiger partial charge in [-0.25, -0.2) is 0 Å². The van der Waals surface area contributed by atoms with E-state index in [1.807, 2.05) is 30.3 Å². The Morgan fingerprint density at radius 1 is 1.10 bits per heavy atom. The van der Waals surface area contributed by atoms with Crippen LogP contribution in [-0.2, 0) is 9.59 Å². The van der Waals surface area contributed by atoms with Crippen molar-refractivity contribution in [2.45, 2.75) is 16.2 Å². The molecule has 2 amide bonds. The van der Waals surface area contributed by atoms with E-state index in [1.54, 1.807) is 0 Å². The van der Waals surface area contributed by atoms with Gasteiger partial charge in [-0.15, -0.1) is 11.3 Å². The predicted octanol–water partition coefficient (Wildman–Crippen LogP) is 2.68. The number of rotatable bonds is 1. The largest absolute Gasteiger partial charge is 0.332 e. The lowest BCUT2D eigenvalue weighted by Crippen LogP contribution is -2.31. The maximum atomic E-state index is 12.2. The number of hydrogen-bond acceptors (Lipinski definition) is 5. The summed E-state index contributed by atoms with van der Waals surface area (Å²) in [5, 5.41) is 3.01. The van der Waals surface area contributed by atoms with Crippen molar-refractivity contribution < 1.29 is 9.59 Å². The third-order valence-electron chi connectivity index (χ3n) is 3.82. The number of aromatic amines is 1. The van der Waals surface area contributed by atoms with Crippen LogP contribution in [0.5, 0.6) is 0 Å². The standard InChI is InChI=1S/C14H10N2O2S3/c17-11-8-7(6-4-2-1-3-5-6)10-13(16-14(19)21-10)20-9(8)12(18)15-11/h1-5,7-9H,(H,16,19)(H,15,17,18). The van der Waals surface area contributed by atoms with Gasteiger partial charge in [0.05, 0.1) is 10.9 Å². The minimum atomic E-state index is -0.379. The summed E-state index contributed by atoms with van der Waals surface area (Å²) in [5.41, 5.74) is 1.05. The lowest BCUT2D eigenvalue weighted by Gasteiger charge is -2.29. The third kappa shape index (κ3) is 1.99. The van der Waals surface area contributed by atoms with Crippen LogP contribution in [0.4, 0.5) is 0 Å². The minimum Gasteiger partial charge on any atom is -0.332 e. The number of amides is 2. The van der Waals surface area contributed by atoms with Crippen LogP contribution in [0.15, 0.2) is 35.4 Å². The molecule has 1 aromatic heterocycles. The molecule has 0 aliphatic carbocycles. The molecule has 3 heterocycles. The van der Waals surface area contributed by atoms with Crippen molar-refractivity contribution in [3.8, 4) is 0 Å². The van der Waals surface area contributed by atoms with Crippen molar-refractivity contribution in [1.82, 2.24) is 10.3 Å². The zero-order valence-corrected chi connectivity index (χ0v) is 13.1.